The van der Waals surface area contributed by atoms with Crippen molar-refractivity contribution in [1.29, 1.82) is 0 Å². The molecule has 0 saturated heterocycles. The predicted octanol–water partition coefficient (Wildman–Crippen LogP) is 5.60. The topological polar surface area (TPSA) is 9.23 Å². The van der Waals surface area contributed by atoms with Gasteiger partial charge in [-0.3, -0.25) is 0 Å². The molecule has 0 aliphatic carbocycles. The summed E-state index contributed by atoms with van der Waals surface area (Å²) in [4.78, 5) is 0. The minimum Gasteiger partial charge on any atom is -0.377 e. The Morgan fingerprint density at radius 2 is 1.50 bits per heavy atom. The van der Waals surface area contributed by atoms with Crippen molar-refractivity contribution >= 4 is 0 Å². The molecule has 0 atom stereocenters. The average molecular weight is 326 g/mol. The van der Waals surface area contributed by atoms with Gasteiger partial charge in [-0.2, -0.15) is 26.3 Å². The van der Waals surface area contributed by atoms with Crippen molar-refractivity contribution in [3.63, 3.8) is 0 Å². The van der Waals surface area contributed by atoms with E-state index in [4.69, 9.17) is 4.74 Å². The van der Waals surface area contributed by atoms with Crippen LogP contribution in [0.5, 0.6) is 0 Å². The van der Waals surface area contributed by atoms with Crippen LogP contribution in [-0.2, 0) is 23.7 Å². The number of unbranched alkanes of at least 4 members (excludes halogenated alkanes) is 1. The highest BCUT2D eigenvalue weighted by molar-refractivity contribution is 5.33. The number of allylic oxidation sites excluding steroid dienone is 2. The normalized spacial score (nSPS) is 13.0. The molecule has 7 heteroatoms. The molecule has 0 unspecified atom stereocenters. The first kappa shape index (κ1) is 18.5. The fourth-order valence-corrected chi connectivity index (χ4v) is 1.76. The van der Waals surface area contributed by atoms with Crippen LogP contribution in [0.3, 0.4) is 0 Å². The van der Waals surface area contributed by atoms with Gasteiger partial charge in [0.15, 0.2) is 0 Å². The third-order valence-electron chi connectivity index (χ3n) is 2.81. The second-order valence-corrected chi connectivity index (χ2v) is 4.68. The average Bonchev–Trinajstić information content (AvgIpc) is 2.40. The van der Waals surface area contributed by atoms with Gasteiger partial charge in [0.05, 0.1) is 17.7 Å². The predicted molar refractivity (Wildman–Crippen MR) is 70.2 cm³/mol. The zero-order chi connectivity index (χ0) is 16.8. The number of hydrogen-bond acceptors (Lipinski definition) is 1. The Balaban J connectivity index is 2.81. The second-order valence-electron chi connectivity index (χ2n) is 4.68. The fourth-order valence-electron chi connectivity index (χ4n) is 1.76. The van der Waals surface area contributed by atoms with Gasteiger partial charge in [-0.25, -0.2) is 0 Å². The van der Waals surface area contributed by atoms with E-state index in [1.165, 1.54) is 0 Å². The van der Waals surface area contributed by atoms with Crippen LogP contribution >= 0.6 is 0 Å². The van der Waals surface area contributed by atoms with E-state index in [9.17, 15) is 26.3 Å². The van der Waals surface area contributed by atoms with E-state index < -0.39 is 23.5 Å². The van der Waals surface area contributed by atoms with Crippen LogP contribution in [0, 0.1) is 0 Å². The van der Waals surface area contributed by atoms with Gasteiger partial charge >= 0.3 is 12.4 Å². The first-order valence-corrected chi connectivity index (χ1v) is 6.62. The lowest BCUT2D eigenvalue weighted by Crippen LogP contribution is -2.12. The van der Waals surface area contributed by atoms with E-state index in [0.717, 1.165) is 6.42 Å². The summed E-state index contributed by atoms with van der Waals surface area (Å²) >= 11 is 0. The summed E-state index contributed by atoms with van der Waals surface area (Å²) < 4.78 is 81.0. The summed E-state index contributed by atoms with van der Waals surface area (Å²) in [5.41, 5.74) is -2.79. The quantitative estimate of drug-likeness (QED) is 0.376. The van der Waals surface area contributed by atoms with Crippen molar-refractivity contribution in [2.45, 2.75) is 38.7 Å². The molecule has 22 heavy (non-hydrogen) atoms. The molecule has 0 bridgehead atoms. The Bertz CT molecular complexity index is 469. The van der Waals surface area contributed by atoms with Crippen LogP contribution in [0.25, 0.3) is 0 Å². The minimum atomic E-state index is -4.83. The van der Waals surface area contributed by atoms with Crippen molar-refractivity contribution < 1.29 is 31.1 Å². The molecular formula is C15H16F6O. The first-order chi connectivity index (χ1) is 10.1. The Hall–Kier alpha value is -1.50. The SMILES string of the molecule is C/C=C/CCCOCc1cc(C(F)(F)F)cc(C(F)(F)F)c1. The summed E-state index contributed by atoms with van der Waals surface area (Å²) in [6.07, 6.45) is -4.52. The first-order valence-electron chi connectivity index (χ1n) is 6.62. The maximum absolute atomic E-state index is 12.6. The number of ether oxygens (including phenoxy) is 1. The Morgan fingerprint density at radius 3 is 1.95 bits per heavy atom. The molecule has 0 saturated carbocycles. The maximum atomic E-state index is 12.6. The van der Waals surface area contributed by atoms with E-state index in [1.54, 1.807) is 0 Å². The van der Waals surface area contributed by atoms with Crippen LogP contribution in [0.1, 0.15) is 36.5 Å². The van der Waals surface area contributed by atoms with Crippen LogP contribution < -0.4 is 0 Å². The van der Waals surface area contributed by atoms with Gasteiger partial charge in [0.25, 0.3) is 0 Å². The smallest absolute Gasteiger partial charge is 0.377 e. The Kier molecular flexibility index (Phi) is 6.47. The van der Waals surface area contributed by atoms with Gasteiger partial charge in [-0.05, 0) is 43.5 Å². The number of hydrogen-bond donors (Lipinski definition) is 0. The summed E-state index contributed by atoms with van der Waals surface area (Å²) in [6.45, 7) is 1.83. The lowest BCUT2D eigenvalue weighted by molar-refractivity contribution is -0.143. The largest absolute Gasteiger partial charge is 0.416 e. The highest BCUT2D eigenvalue weighted by Gasteiger charge is 2.36. The number of benzene rings is 1. The summed E-state index contributed by atoms with van der Waals surface area (Å²) in [5.74, 6) is 0. The molecule has 0 aliphatic heterocycles. The van der Waals surface area contributed by atoms with E-state index in [-0.39, 0.29) is 24.8 Å². The van der Waals surface area contributed by atoms with E-state index in [2.05, 4.69) is 0 Å². The van der Waals surface area contributed by atoms with E-state index in [1.807, 2.05) is 19.1 Å². The lowest BCUT2D eigenvalue weighted by atomic mass is 10.1. The van der Waals surface area contributed by atoms with Gasteiger partial charge in [0, 0.05) is 6.61 Å². The van der Waals surface area contributed by atoms with E-state index in [0.29, 0.717) is 18.6 Å². The molecular weight excluding hydrogens is 310 g/mol. The highest BCUT2D eigenvalue weighted by Crippen LogP contribution is 2.36. The second kappa shape index (κ2) is 7.67. The molecule has 0 N–H and O–H groups in total. The summed E-state index contributed by atoms with van der Waals surface area (Å²) in [6, 6.07) is 1.47. The van der Waals surface area contributed by atoms with Crippen LogP contribution in [-0.4, -0.2) is 6.61 Å². The molecule has 124 valence electrons. The van der Waals surface area contributed by atoms with E-state index >= 15 is 0 Å². The van der Waals surface area contributed by atoms with Gasteiger partial charge in [-0.15, -0.1) is 0 Å². The minimum absolute atomic E-state index is 0.107. The third kappa shape index (κ3) is 6.09. The molecule has 0 spiro atoms. The van der Waals surface area contributed by atoms with Crippen molar-refractivity contribution in [2.75, 3.05) is 6.61 Å². The molecule has 1 rings (SSSR count). The molecule has 0 radical (unpaired) electrons. The highest BCUT2D eigenvalue weighted by atomic mass is 19.4. The van der Waals surface area contributed by atoms with Crippen LogP contribution in [0.4, 0.5) is 26.3 Å². The third-order valence-corrected chi connectivity index (χ3v) is 2.81. The van der Waals surface area contributed by atoms with Crippen molar-refractivity contribution in [3.8, 4) is 0 Å². The maximum Gasteiger partial charge on any atom is 0.416 e. The molecule has 0 fully saturated rings. The van der Waals surface area contributed by atoms with Crippen molar-refractivity contribution in [3.05, 3.63) is 47.0 Å². The number of halogens is 6. The van der Waals surface area contributed by atoms with Gasteiger partial charge in [-0.1, -0.05) is 12.2 Å². The Morgan fingerprint density at radius 1 is 0.955 bits per heavy atom. The van der Waals surface area contributed by atoms with Gasteiger partial charge < -0.3 is 4.74 Å². The fraction of sp³-hybridized carbons (Fsp3) is 0.467. The molecule has 1 aromatic carbocycles. The zero-order valence-electron chi connectivity index (χ0n) is 11.9. The van der Waals surface area contributed by atoms with Gasteiger partial charge in [0.1, 0.15) is 0 Å². The van der Waals surface area contributed by atoms with Gasteiger partial charge in [0.2, 0.25) is 0 Å². The summed E-state index contributed by atoms with van der Waals surface area (Å²) in [7, 11) is 0. The number of rotatable bonds is 6. The zero-order valence-corrected chi connectivity index (χ0v) is 11.9. The molecule has 0 aromatic heterocycles. The molecule has 0 aliphatic rings. The molecule has 0 amide bonds. The molecule has 1 nitrogen and oxygen atoms in total. The van der Waals surface area contributed by atoms with Crippen LogP contribution in [0.2, 0.25) is 0 Å². The summed E-state index contributed by atoms with van der Waals surface area (Å²) in [5, 5.41) is 0. The van der Waals surface area contributed by atoms with Crippen molar-refractivity contribution in [1.82, 2.24) is 0 Å². The standard InChI is InChI=1S/C15H16F6O/c1-2-3-4-5-6-22-10-11-7-12(14(16,17)18)9-13(8-11)15(19,20)21/h2-3,7-9H,4-6,10H2,1H3/b3-2+. The Labute approximate surface area is 124 Å². The number of alkyl halides is 6. The molecule has 0 heterocycles. The van der Waals surface area contributed by atoms with Crippen molar-refractivity contribution in [2.24, 2.45) is 0 Å². The van der Waals surface area contributed by atoms with Crippen LogP contribution in [0.15, 0.2) is 30.4 Å². The monoisotopic (exact) mass is 326 g/mol. The lowest BCUT2D eigenvalue weighted by Gasteiger charge is -2.14. The molecule has 1 aromatic rings.